The van der Waals surface area contributed by atoms with Crippen molar-refractivity contribution in [1.29, 1.82) is 0 Å². The van der Waals surface area contributed by atoms with E-state index in [-0.39, 0.29) is 18.2 Å². The average Bonchev–Trinajstić information content (AvgIpc) is 2.84. The van der Waals surface area contributed by atoms with Crippen LogP contribution in [0.5, 0.6) is 17.2 Å². The number of fused-ring (bicyclic) bond motifs is 1. The predicted molar refractivity (Wildman–Crippen MR) is 86.3 cm³/mol. The van der Waals surface area contributed by atoms with Crippen molar-refractivity contribution in [2.24, 2.45) is 0 Å². The van der Waals surface area contributed by atoms with E-state index in [9.17, 15) is 18.0 Å². The molecule has 0 radical (unpaired) electrons. The number of hydrogen-bond acceptors (Lipinski definition) is 4. The molecule has 0 aromatic heterocycles. The molecule has 0 spiro atoms. The van der Waals surface area contributed by atoms with Gasteiger partial charge in [0.15, 0.2) is 11.5 Å². The molecule has 0 bridgehead atoms. The van der Waals surface area contributed by atoms with Gasteiger partial charge in [0, 0.05) is 18.5 Å². The summed E-state index contributed by atoms with van der Waals surface area (Å²) in [6, 6.07) is 10.2. The minimum absolute atomic E-state index is 0.166. The lowest BCUT2D eigenvalue weighted by atomic mass is 10.1. The Morgan fingerprint density at radius 3 is 2.42 bits per heavy atom. The Hall–Kier alpha value is -2.90. The zero-order valence-corrected chi connectivity index (χ0v) is 13.6. The summed E-state index contributed by atoms with van der Waals surface area (Å²) in [6.07, 6.45) is -3.96. The molecule has 2 aromatic carbocycles. The highest BCUT2D eigenvalue weighted by atomic mass is 19.4. The summed E-state index contributed by atoms with van der Waals surface area (Å²) >= 11 is 0. The molecule has 0 unspecified atom stereocenters. The molecule has 0 saturated heterocycles. The number of carbonyl (C=O) groups is 1. The lowest BCUT2D eigenvalue weighted by molar-refractivity contribution is -0.274. The van der Waals surface area contributed by atoms with Crippen molar-refractivity contribution >= 4 is 5.91 Å². The van der Waals surface area contributed by atoms with Crippen LogP contribution in [-0.2, 0) is 6.54 Å². The number of rotatable bonds is 4. The highest BCUT2D eigenvalue weighted by Gasteiger charge is 2.30. The van der Waals surface area contributed by atoms with Crippen molar-refractivity contribution < 1.29 is 32.2 Å². The van der Waals surface area contributed by atoms with Gasteiger partial charge in [0.05, 0.1) is 13.2 Å². The van der Waals surface area contributed by atoms with Crippen LogP contribution < -0.4 is 19.5 Å². The van der Waals surface area contributed by atoms with E-state index < -0.39 is 6.36 Å². The molecule has 0 saturated carbocycles. The summed E-state index contributed by atoms with van der Waals surface area (Å²) < 4.78 is 51.2. The number of nitrogens with one attached hydrogen (secondary N) is 1. The largest absolute Gasteiger partial charge is 0.573 e. The lowest BCUT2D eigenvalue weighted by Crippen LogP contribution is -2.22. The summed E-state index contributed by atoms with van der Waals surface area (Å²) in [6.45, 7) is 1.25. The average molecular weight is 367 g/mol. The zero-order valence-electron chi connectivity index (χ0n) is 13.6. The molecule has 3 rings (SSSR count). The molecule has 138 valence electrons. The maximum Gasteiger partial charge on any atom is 0.573 e. The van der Waals surface area contributed by atoms with Crippen LogP contribution in [0.4, 0.5) is 13.2 Å². The molecule has 1 aliphatic heterocycles. The number of hydrogen-bond donors (Lipinski definition) is 1. The number of benzene rings is 2. The Morgan fingerprint density at radius 1 is 1.04 bits per heavy atom. The third-order valence-corrected chi connectivity index (χ3v) is 3.62. The van der Waals surface area contributed by atoms with Crippen LogP contribution in [0.3, 0.4) is 0 Å². The van der Waals surface area contributed by atoms with Crippen LogP contribution in [0.15, 0.2) is 42.5 Å². The number of alkyl halides is 3. The topological polar surface area (TPSA) is 56.8 Å². The van der Waals surface area contributed by atoms with E-state index in [0.717, 1.165) is 6.42 Å². The second kappa shape index (κ2) is 7.55. The smallest absolute Gasteiger partial charge is 0.490 e. The van der Waals surface area contributed by atoms with E-state index in [1.54, 1.807) is 18.2 Å². The fourth-order valence-corrected chi connectivity index (χ4v) is 2.40. The molecule has 5 nitrogen and oxygen atoms in total. The molecular weight excluding hydrogens is 351 g/mol. The van der Waals surface area contributed by atoms with Gasteiger partial charge in [-0.05, 0) is 35.9 Å². The summed E-state index contributed by atoms with van der Waals surface area (Å²) in [4.78, 5) is 12.3. The second-order valence-electron chi connectivity index (χ2n) is 5.59. The third kappa shape index (κ3) is 4.81. The molecule has 0 atom stereocenters. The van der Waals surface area contributed by atoms with Gasteiger partial charge in [-0.3, -0.25) is 4.79 Å². The standard InChI is InChI=1S/C18H16F3NO4/c19-18(20,21)26-14-5-2-12(3-6-14)11-22-17(23)13-4-7-15-16(10-13)25-9-1-8-24-15/h2-7,10H,1,8-9,11H2,(H,22,23). The number of ether oxygens (including phenoxy) is 3. The van der Waals surface area contributed by atoms with Crippen molar-refractivity contribution in [2.75, 3.05) is 13.2 Å². The molecule has 0 fully saturated rings. The van der Waals surface area contributed by atoms with Gasteiger partial charge in [-0.1, -0.05) is 12.1 Å². The van der Waals surface area contributed by atoms with Gasteiger partial charge >= 0.3 is 6.36 Å². The Balaban J connectivity index is 1.59. The fraction of sp³-hybridized carbons (Fsp3) is 0.278. The van der Waals surface area contributed by atoms with Crippen LogP contribution >= 0.6 is 0 Å². The number of amides is 1. The van der Waals surface area contributed by atoms with E-state index >= 15 is 0 Å². The zero-order chi connectivity index (χ0) is 18.6. The van der Waals surface area contributed by atoms with Crippen molar-refractivity contribution in [3.05, 3.63) is 53.6 Å². The molecule has 1 aliphatic rings. The van der Waals surface area contributed by atoms with Crippen LogP contribution in [0.2, 0.25) is 0 Å². The molecule has 1 amide bonds. The molecular formula is C18H16F3NO4. The van der Waals surface area contributed by atoms with E-state index in [4.69, 9.17) is 9.47 Å². The van der Waals surface area contributed by atoms with Crippen LogP contribution in [-0.4, -0.2) is 25.5 Å². The Kier molecular flexibility index (Phi) is 5.20. The van der Waals surface area contributed by atoms with Crippen molar-refractivity contribution in [3.63, 3.8) is 0 Å². The fourth-order valence-electron chi connectivity index (χ4n) is 2.40. The first-order valence-electron chi connectivity index (χ1n) is 7.93. The Labute approximate surface area is 147 Å². The molecule has 8 heteroatoms. The lowest BCUT2D eigenvalue weighted by Gasteiger charge is -2.11. The van der Waals surface area contributed by atoms with Crippen LogP contribution in [0.1, 0.15) is 22.3 Å². The van der Waals surface area contributed by atoms with E-state index in [0.29, 0.717) is 35.8 Å². The molecule has 1 N–H and O–H groups in total. The van der Waals surface area contributed by atoms with Crippen LogP contribution in [0, 0.1) is 0 Å². The van der Waals surface area contributed by atoms with E-state index in [1.807, 2.05) is 0 Å². The summed E-state index contributed by atoms with van der Waals surface area (Å²) in [5.41, 5.74) is 1.05. The highest BCUT2D eigenvalue weighted by Crippen LogP contribution is 2.30. The number of carbonyl (C=O) groups excluding carboxylic acids is 1. The molecule has 1 heterocycles. The van der Waals surface area contributed by atoms with Gasteiger partial charge in [0.1, 0.15) is 5.75 Å². The molecule has 26 heavy (non-hydrogen) atoms. The Bertz CT molecular complexity index is 775. The van der Waals surface area contributed by atoms with Gasteiger partial charge in [-0.2, -0.15) is 0 Å². The van der Waals surface area contributed by atoms with Crippen molar-refractivity contribution in [2.45, 2.75) is 19.3 Å². The van der Waals surface area contributed by atoms with Gasteiger partial charge in [-0.15, -0.1) is 13.2 Å². The molecule has 0 aliphatic carbocycles. The minimum Gasteiger partial charge on any atom is -0.490 e. The first-order valence-corrected chi connectivity index (χ1v) is 7.93. The van der Waals surface area contributed by atoms with Crippen molar-refractivity contribution in [1.82, 2.24) is 5.32 Å². The molecule has 2 aromatic rings. The second-order valence-corrected chi connectivity index (χ2v) is 5.59. The van der Waals surface area contributed by atoms with Gasteiger partial charge < -0.3 is 19.5 Å². The first-order chi connectivity index (χ1) is 12.4. The normalized spacial score (nSPS) is 13.7. The monoisotopic (exact) mass is 367 g/mol. The summed E-state index contributed by atoms with van der Waals surface area (Å²) in [7, 11) is 0. The van der Waals surface area contributed by atoms with Gasteiger partial charge in [0.25, 0.3) is 5.91 Å². The maximum atomic E-state index is 12.3. The van der Waals surface area contributed by atoms with E-state index in [1.165, 1.54) is 24.3 Å². The predicted octanol–water partition coefficient (Wildman–Crippen LogP) is 3.68. The highest BCUT2D eigenvalue weighted by molar-refractivity contribution is 5.94. The summed E-state index contributed by atoms with van der Waals surface area (Å²) in [5, 5.41) is 2.71. The minimum atomic E-state index is -4.73. The van der Waals surface area contributed by atoms with Crippen molar-refractivity contribution in [3.8, 4) is 17.2 Å². The first kappa shape index (κ1) is 17.9. The third-order valence-electron chi connectivity index (χ3n) is 3.62. The summed E-state index contributed by atoms with van der Waals surface area (Å²) in [5.74, 6) is 0.481. The van der Waals surface area contributed by atoms with Gasteiger partial charge in [-0.25, -0.2) is 0 Å². The SMILES string of the molecule is O=C(NCc1ccc(OC(F)(F)F)cc1)c1ccc2c(c1)OCCCO2. The quantitative estimate of drug-likeness (QED) is 0.896. The maximum absolute atomic E-state index is 12.3. The Morgan fingerprint density at radius 2 is 1.73 bits per heavy atom. The number of halogens is 3. The van der Waals surface area contributed by atoms with Gasteiger partial charge in [0.2, 0.25) is 0 Å². The van der Waals surface area contributed by atoms with Crippen LogP contribution in [0.25, 0.3) is 0 Å². The van der Waals surface area contributed by atoms with E-state index in [2.05, 4.69) is 10.1 Å².